The van der Waals surface area contributed by atoms with E-state index in [1.54, 1.807) is 25.1 Å². The lowest BCUT2D eigenvalue weighted by Gasteiger charge is -2.08. The Morgan fingerprint density at radius 1 is 1.21 bits per heavy atom. The molecular weight excluding hydrogens is 286 g/mol. The summed E-state index contributed by atoms with van der Waals surface area (Å²) in [4.78, 5) is 23.2. The van der Waals surface area contributed by atoms with Crippen molar-refractivity contribution in [1.29, 1.82) is 0 Å². The molecule has 2 aromatic rings. The number of nitrogens with one attached hydrogen (secondary N) is 1. The molecule has 0 spiro atoms. The fourth-order valence-corrected chi connectivity index (χ4v) is 2.42. The lowest BCUT2D eigenvalue weighted by Crippen LogP contribution is -2.11. The summed E-state index contributed by atoms with van der Waals surface area (Å²) in [6.07, 6.45) is 0. The van der Waals surface area contributed by atoms with Gasteiger partial charge in [-0.15, -0.1) is 11.3 Å². The Morgan fingerprint density at radius 2 is 1.89 bits per heavy atom. The number of carbonyl (C=O) groups is 2. The molecule has 0 aliphatic carbocycles. The van der Waals surface area contributed by atoms with Crippen LogP contribution < -0.4 is 5.32 Å². The molecule has 1 heterocycles. The van der Waals surface area contributed by atoms with Gasteiger partial charge in [0.25, 0.3) is 5.91 Å². The first-order chi connectivity index (χ1) is 8.99. The van der Waals surface area contributed by atoms with Crippen LogP contribution in [0.5, 0.6) is 0 Å². The van der Waals surface area contributed by atoms with Crippen LogP contribution in [0.15, 0.2) is 30.3 Å². The summed E-state index contributed by atoms with van der Waals surface area (Å²) in [5.41, 5.74) is 1.38. The summed E-state index contributed by atoms with van der Waals surface area (Å²) in [7, 11) is 0. The second-order valence-corrected chi connectivity index (χ2v) is 5.33. The molecule has 19 heavy (non-hydrogen) atoms. The van der Waals surface area contributed by atoms with E-state index in [1.165, 1.54) is 12.1 Å². The fourth-order valence-electron chi connectivity index (χ4n) is 1.50. The zero-order chi connectivity index (χ0) is 14.0. The zero-order valence-corrected chi connectivity index (χ0v) is 11.5. The first-order valence-corrected chi connectivity index (χ1v) is 6.58. The Kier molecular flexibility index (Phi) is 3.87. The van der Waals surface area contributed by atoms with E-state index in [-0.39, 0.29) is 10.8 Å². The molecule has 0 fully saturated rings. The van der Waals surface area contributed by atoms with Gasteiger partial charge in [-0.05, 0) is 36.8 Å². The average Bonchev–Trinajstić information content (AvgIpc) is 2.84. The lowest BCUT2D eigenvalue weighted by atomic mass is 10.2. The van der Waals surface area contributed by atoms with E-state index >= 15 is 0 Å². The van der Waals surface area contributed by atoms with Gasteiger partial charge in [-0.1, -0.05) is 17.7 Å². The first kappa shape index (κ1) is 13.6. The highest BCUT2D eigenvalue weighted by atomic mass is 35.5. The maximum absolute atomic E-state index is 12.0. The number of anilines is 1. The van der Waals surface area contributed by atoms with Gasteiger partial charge in [-0.3, -0.25) is 4.79 Å². The number of benzene rings is 1. The summed E-state index contributed by atoms with van der Waals surface area (Å²) >= 11 is 6.90. The number of halogens is 1. The summed E-state index contributed by atoms with van der Waals surface area (Å²) in [6, 6.07) is 8.11. The van der Waals surface area contributed by atoms with Gasteiger partial charge in [0.2, 0.25) is 0 Å². The molecule has 0 unspecified atom stereocenters. The van der Waals surface area contributed by atoms with Gasteiger partial charge in [0.15, 0.2) is 0 Å². The maximum atomic E-state index is 12.0. The number of thiophene rings is 1. The van der Waals surface area contributed by atoms with Crippen LogP contribution in [0.3, 0.4) is 0 Å². The van der Waals surface area contributed by atoms with Gasteiger partial charge < -0.3 is 10.4 Å². The summed E-state index contributed by atoms with van der Waals surface area (Å²) < 4.78 is 0. The zero-order valence-electron chi connectivity index (χ0n) is 9.94. The van der Waals surface area contributed by atoms with Crippen molar-refractivity contribution >= 4 is 40.5 Å². The van der Waals surface area contributed by atoms with Crippen molar-refractivity contribution in [2.75, 3.05) is 5.32 Å². The van der Waals surface area contributed by atoms with Crippen molar-refractivity contribution < 1.29 is 14.7 Å². The monoisotopic (exact) mass is 295 g/mol. The van der Waals surface area contributed by atoms with Crippen LogP contribution >= 0.6 is 22.9 Å². The van der Waals surface area contributed by atoms with Gasteiger partial charge in [-0.2, -0.15) is 0 Å². The van der Waals surface area contributed by atoms with E-state index in [1.807, 2.05) is 0 Å². The van der Waals surface area contributed by atoms with Crippen molar-refractivity contribution in [3.63, 3.8) is 0 Å². The van der Waals surface area contributed by atoms with Gasteiger partial charge in [0.1, 0.15) is 4.88 Å². The number of carboxylic acid groups (broad SMARTS) is 1. The predicted octanol–water partition coefficient (Wildman–Crippen LogP) is 3.66. The molecule has 98 valence electrons. The molecule has 0 radical (unpaired) electrons. The Bertz CT molecular complexity index is 651. The summed E-state index contributed by atoms with van der Waals surface area (Å²) in [6.45, 7) is 1.80. The van der Waals surface area contributed by atoms with E-state index in [0.717, 1.165) is 16.9 Å². The van der Waals surface area contributed by atoms with E-state index in [4.69, 9.17) is 16.7 Å². The van der Waals surface area contributed by atoms with E-state index in [0.29, 0.717) is 15.6 Å². The Balaban J connectivity index is 2.21. The third kappa shape index (κ3) is 2.94. The average molecular weight is 296 g/mol. The molecule has 0 aliphatic heterocycles. The molecule has 0 aliphatic rings. The van der Waals surface area contributed by atoms with Crippen LogP contribution in [0.4, 0.5) is 5.69 Å². The van der Waals surface area contributed by atoms with Crippen LogP contribution in [0.1, 0.15) is 24.9 Å². The number of aromatic carboxylic acids is 1. The third-order valence-electron chi connectivity index (χ3n) is 2.56. The quantitative estimate of drug-likeness (QED) is 0.908. The van der Waals surface area contributed by atoms with Crippen LogP contribution in [0.2, 0.25) is 5.02 Å². The number of hydrogen-bond donors (Lipinski definition) is 2. The number of carboxylic acids is 1. The van der Waals surface area contributed by atoms with Crippen LogP contribution in [0.25, 0.3) is 0 Å². The molecular formula is C13H10ClNO3S. The normalized spacial score (nSPS) is 10.2. The second kappa shape index (κ2) is 5.42. The highest BCUT2D eigenvalue weighted by molar-refractivity contribution is 7.15. The number of rotatable bonds is 3. The SMILES string of the molecule is Cc1c(Cl)cccc1NC(=O)c1ccc(C(=O)O)s1. The van der Waals surface area contributed by atoms with E-state index in [2.05, 4.69) is 5.32 Å². The number of hydrogen-bond acceptors (Lipinski definition) is 3. The molecule has 1 aromatic heterocycles. The highest BCUT2D eigenvalue weighted by Crippen LogP contribution is 2.24. The minimum absolute atomic E-state index is 0.132. The molecule has 1 aromatic carbocycles. The summed E-state index contributed by atoms with van der Waals surface area (Å²) in [5.74, 6) is -1.38. The van der Waals surface area contributed by atoms with Crippen molar-refractivity contribution in [3.8, 4) is 0 Å². The molecule has 1 amide bonds. The largest absolute Gasteiger partial charge is 0.477 e. The van der Waals surface area contributed by atoms with Gasteiger partial charge in [0, 0.05) is 10.7 Å². The fraction of sp³-hybridized carbons (Fsp3) is 0.0769. The van der Waals surface area contributed by atoms with E-state index in [9.17, 15) is 9.59 Å². The van der Waals surface area contributed by atoms with Crippen LogP contribution in [-0.2, 0) is 0 Å². The second-order valence-electron chi connectivity index (χ2n) is 3.84. The van der Waals surface area contributed by atoms with Gasteiger partial charge >= 0.3 is 5.97 Å². The topological polar surface area (TPSA) is 66.4 Å². The number of amides is 1. The molecule has 4 nitrogen and oxygen atoms in total. The Hall–Kier alpha value is -1.85. The molecule has 0 saturated heterocycles. The van der Waals surface area contributed by atoms with Crippen LogP contribution in [0, 0.1) is 6.92 Å². The molecule has 0 saturated carbocycles. The first-order valence-electron chi connectivity index (χ1n) is 5.38. The van der Waals surface area contributed by atoms with Crippen molar-refractivity contribution in [3.05, 3.63) is 50.7 Å². The molecule has 0 atom stereocenters. The van der Waals surface area contributed by atoms with Crippen LogP contribution in [-0.4, -0.2) is 17.0 Å². The van der Waals surface area contributed by atoms with Gasteiger partial charge in [-0.25, -0.2) is 4.79 Å². The number of carbonyl (C=O) groups excluding carboxylic acids is 1. The molecule has 6 heteroatoms. The lowest BCUT2D eigenvalue weighted by molar-refractivity contribution is 0.0702. The smallest absolute Gasteiger partial charge is 0.345 e. The maximum Gasteiger partial charge on any atom is 0.345 e. The Labute approximate surface area is 118 Å². The minimum atomic E-state index is -1.04. The van der Waals surface area contributed by atoms with Crippen molar-refractivity contribution in [2.45, 2.75) is 6.92 Å². The minimum Gasteiger partial charge on any atom is -0.477 e. The Morgan fingerprint density at radius 3 is 2.53 bits per heavy atom. The van der Waals surface area contributed by atoms with Crippen molar-refractivity contribution in [1.82, 2.24) is 0 Å². The third-order valence-corrected chi connectivity index (χ3v) is 4.04. The molecule has 0 bridgehead atoms. The predicted molar refractivity (Wildman–Crippen MR) is 75.4 cm³/mol. The standard InChI is InChI=1S/C13H10ClNO3S/c1-7-8(14)3-2-4-9(7)15-12(16)10-5-6-11(19-10)13(17)18/h2-6H,1H3,(H,15,16)(H,17,18). The molecule has 2 N–H and O–H groups in total. The van der Waals surface area contributed by atoms with Crippen molar-refractivity contribution in [2.24, 2.45) is 0 Å². The van der Waals surface area contributed by atoms with Gasteiger partial charge in [0.05, 0.1) is 4.88 Å². The molecule has 2 rings (SSSR count). The summed E-state index contributed by atoms with van der Waals surface area (Å²) in [5, 5.41) is 12.1. The highest BCUT2D eigenvalue weighted by Gasteiger charge is 2.14. The van der Waals surface area contributed by atoms with E-state index < -0.39 is 5.97 Å².